The molecule has 4 nitrogen and oxygen atoms in total. The van der Waals surface area contributed by atoms with Crippen LogP contribution in [0.25, 0.3) is 21.9 Å². The minimum atomic E-state index is -0.452. The van der Waals surface area contributed by atoms with Crippen LogP contribution in [0.3, 0.4) is 0 Å². The molecule has 2 N–H and O–H groups in total. The summed E-state index contributed by atoms with van der Waals surface area (Å²) in [4.78, 5) is 12.6. The van der Waals surface area contributed by atoms with Gasteiger partial charge in [0.15, 0.2) is 0 Å². The summed E-state index contributed by atoms with van der Waals surface area (Å²) in [5, 5.41) is 16.2. The Labute approximate surface area is 169 Å². The van der Waals surface area contributed by atoms with Crippen molar-refractivity contribution < 1.29 is 9.90 Å². The number of amides is 1. The maximum atomic E-state index is 12.6. The molecule has 0 fully saturated rings. The van der Waals surface area contributed by atoms with Crippen LogP contribution in [0.5, 0.6) is 5.75 Å². The molecule has 0 aliphatic rings. The number of aromatic hydroxyl groups is 1. The van der Waals surface area contributed by atoms with Crippen molar-refractivity contribution in [1.82, 2.24) is 5.43 Å². The van der Waals surface area contributed by atoms with Crippen LogP contribution in [0.4, 0.5) is 0 Å². The van der Waals surface area contributed by atoms with E-state index in [4.69, 9.17) is 0 Å². The zero-order valence-electron chi connectivity index (χ0n) is 16.0. The average molecular weight is 380 g/mol. The van der Waals surface area contributed by atoms with Crippen LogP contribution < -0.4 is 5.43 Å². The van der Waals surface area contributed by atoms with Gasteiger partial charge in [-0.15, -0.1) is 0 Å². The highest BCUT2D eigenvalue weighted by Crippen LogP contribution is 2.25. The van der Waals surface area contributed by atoms with Gasteiger partial charge < -0.3 is 5.11 Å². The van der Waals surface area contributed by atoms with Gasteiger partial charge in [0, 0.05) is 0 Å². The molecule has 0 unspecified atom stereocenters. The van der Waals surface area contributed by atoms with Gasteiger partial charge in [0.05, 0.1) is 11.3 Å². The molecular weight excluding hydrogens is 360 g/mol. The molecule has 0 saturated carbocycles. The Balaban J connectivity index is 1.56. The number of rotatable bonds is 4. The first-order valence-corrected chi connectivity index (χ1v) is 9.34. The molecule has 4 aromatic rings. The van der Waals surface area contributed by atoms with Crippen molar-refractivity contribution in [3.05, 3.63) is 102 Å². The molecule has 0 aromatic heterocycles. The van der Waals surface area contributed by atoms with Crippen LogP contribution >= 0.6 is 0 Å². The van der Waals surface area contributed by atoms with Crippen molar-refractivity contribution in [3.8, 4) is 16.9 Å². The van der Waals surface area contributed by atoms with E-state index in [9.17, 15) is 9.90 Å². The third-order valence-corrected chi connectivity index (χ3v) is 4.82. The van der Waals surface area contributed by atoms with Gasteiger partial charge in [-0.1, -0.05) is 72.8 Å². The lowest BCUT2D eigenvalue weighted by molar-refractivity contribution is 0.0952. The smallest absolute Gasteiger partial charge is 0.275 e. The van der Waals surface area contributed by atoms with Crippen molar-refractivity contribution >= 4 is 22.4 Å². The molecule has 0 saturated heterocycles. The highest BCUT2D eigenvalue weighted by molar-refractivity contribution is 6.04. The van der Waals surface area contributed by atoms with Crippen LogP contribution in [0.15, 0.2) is 96.1 Å². The Bertz CT molecular complexity index is 1210. The highest BCUT2D eigenvalue weighted by atomic mass is 16.3. The standard InChI is InChI=1S/C25H20N2O2/c1-17(19-12-7-13-20(14-19)18-8-3-2-4-9-18)26-27-25(29)23-15-21-10-5-6-11-22(21)16-24(23)28/h2-16,28H,1H3,(H,27,29)/b26-17+. The normalized spacial score (nSPS) is 11.4. The summed E-state index contributed by atoms with van der Waals surface area (Å²) in [5.41, 5.74) is 6.53. The lowest BCUT2D eigenvalue weighted by atomic mass is 10.0. The lowest BCUT2D eigenvalue weighted by Gasteiger charge is -2.08. The first kappa shape index (κ1) is 18.4. The van der Waals surface area contributed by atoms with Crippen molar-refractivity contribution in [2.24, 2.45) is 5.10 Å². The van der Waals surface area contributed by atoms with E-state index in [1.54, 1.807) is 12.1 Å². The van der Waals surface area contributed by atoms with E-state index < -0.39 is 5.91 Å². The maximum Gasteiger partial charge on any atom is 0.275 e. The first-order valence-electron chi connectivity index (χ1n) is 9.34. The van der Waals surface area contributed by atoms with Crippen LogP contribution in [0, 0.1) is 0 Å². The molecule has 0 bridgehead atoms. The molecule has 0 atom stereocenters. The number of hydrogen-bond acceptors (Lipinski definition) is 3. The number of nitrogens with one attached hydrogen (secondary N) is 1. The summed E-state index contributed by atoms with van der Waals surface area (Å²) >= 11 is 0. The third-order valence-electron chi connectivity index (χ3n) is 4.82. The molecule has 0 heterocycles. The second-order valence-corrected chi connectivity index (χ2v) is 6.80. The summed E-state index contributed by atoms with van der Waals surface area (Å²) in [7, 11) is 0. The van der Waals surface area contributed by atoms with Gasteiger partial charge in [0.2, 0.25) is 0 Å². The zero-order chi connectivity index (χ0) is 20.2. The monoisotopic (exact) mass is 380 g/mol. The van der Waals surface area contributed by atoms with Crippen LogP contribution in [-0.2, 0) is 0 Å². The van der Waals surface area contributed by atoms with Crippen LogP contribution in [-0.4, -0.2) is 16.7 Å². The third kappa shape index (κ3) is 4.01. The number of phenolic OH excluding ortho intramolecular Hbond substituents is 1. The Morgan fingerprint density at radius 1 is 0.793 bits per heavy atom. The van der Waals surface area contributed by atoms with Gasteiger partial charge in [-0.2, -0.15) is 5.10 Å². The minimum Gasteiger partial charge on any atom is -0.507 e. The molecule has 1 amide bonds. The number of benzene rings is 4. The van der Waals surface area contributed by atoms with Crippen LogP contribution in [0.2, 0.25) is 0 Å². The van der Waals surface area contributed by atoms with Crippen molar-refractivity contribution in [2.75, 3.05) is 0 Å². The SMILES string of the molecule is C/C(=N\NC(=O)c1cc2ccccc2cc1O)c1cccc(-c2ccccc2)c1. The Morgan fingerprint density at radius 2 is 1.45 bits per heavy atom. The Kier molecular flexibility index (Phi) is 5.08. The van der Waals surface area contributed by atoms with Gasteiger partial charge in [-0.05, 0) is 52.6 Å². The topological polar surface area (TPSA) is 61.7 Å². The second kappa shape index (κ2) is 7.98. The van der Waals surface area contributed by atoms with E-state index in [1.807, 2.05) is 73.7 Å². The molecular formula is C25H20N2O2. The zero-order valence-corrected chi connectivity index (χ0v) is 16.0. The number of hydrazone groups is 1. The van der Waals surface area contributed by atoms with Gasteiger partial charge in [0.25, 0.3) is 5.91 Å². The van der Waals surface area contributed by atoms with E-state index >= 15 is 0 Å². The summed E-state index contributed by atoms with van der Waals surface area (Å²) in [6, 6.07) is 28.9. The number of phenols is 1. The quantitative estimate of drug-likeness (QED) is 0.369. The van der Waals surface area contributed by atoms with Gasteiger partial charge in [0.1, 0.15) is 5.75 Å². The van der Waals surface area contributed by atoms with Gasteiger partial charge in [-0.3, -0.25) is 4.79 Å². The molecule has 4 rings (SSSR count). The molecule has 0 spiro atoms. The van der Waals surface area contributed by atoms with E-state index in [1.165, 1.54) is 0 Å². The summed E-state index contributed by atoms with van der Waals surface area (Å²) in [5.74, 6) is -0.521. The van der Waals surface area contributed by atoms with E-state index in [2.05, 4.69) is 22.7 Å². The fourth-order valence-electron chi connectivity index (χ4n) is 3.22. The van der Waals surface area contributed by atoms with Gasteiger partial charge >= 0.3 is 0 Å². The van der Waals surface area contributed by atoms with E-state index in [0.29, 0.717) is 5.71 Å². The van der Waals surface area contributed by atoms with E-state index in [-0.39, 0.29) is 11.3 Å². The van der Waals surface area contributed by atoms with Crippen molar-refractivity contribution in [1.29, 1.82) is 0 Å². The van der Waals surface area contributed by atoms with Gasteiger partial charge in [-0.25, -0.2) is 5.43 Å². The Morgan fingerprint density at radius 3 is 2.21 bits per heavy atom. The minimum absolute atomic E-state index is 0.0693. The predicted octanol–water partition coefficient (Wildman–Crippen LogP) is 5.37. The summed E-state index contributed by atoms with van der Waals surface area (Å²) in [6.45, 7) is 1.84. The highest BCUT2D eigenvalue weighted by Gasteiger charge is 2.12. The number of hydrogen-bond donors (Lipinski definition) is 2. The average Bonchev–Trinajstić information content (AvgIpc) is 2.77. The molecule has 0 aliphatic carbocycles. The van der Waals surface area contributed by atoms with Crippen molar-refractivity contribution in [3.63, 3.8) is 0 Å². The molecule has 142 valence electrons. The molecule has 29 heavy (non-hydrogen) atoms. The first-order chi connectivity index (χ1) is 14.1. The lowest BCUT2D eigenvalue weighted by Crippen LogP contribution is -2.19. The van der Waals surface area contributed by atoms with Crippen molar-refractivity contribution in [2.45, 2.75) is 6.92 Å². The molecule has 0 aliphatic heterocycles. The predicted molar refractivity (Wildman–Crippen MR) is 117 cm³/mol. The number of carbonyl (C=O) groups is 1. The second-order valence-electron chi connectivity index (χ2n) is 6.80. The van der Waals surface area contributed by atoms with Crippen LogP contribution in [0.1, 0.15) is 22.8 Å². The Hall–Kier alpha value is -3.92. The summed E-state index contributed by atoms with van der Waals surface area (Å²) < 4.78 is 0. The maximum absolute atomic E-state index is 12.6. The molecule has 4 aromatic carbocycles. The van der Waals surface area contributed by atoms with E-state index in [0.717, 1.165) is 27.5 Å². The fraction of sp³-hybridized carbons (Fsp3) is 0.0400. The number of carbonyl (C=O) groups excluding carboxylic acids is 1. The largest absolute Gasteiger partial charge is 0.507 e. The molecule has 4 heteroatoms. The molecule has 0 radical (unpaired) electrons. The number of nitrogens with zero attached hydrogens (tertiary/aromatic N) is 1. The summed E-state index contributed by atoms with van der Waals surface area (Å²) in [6.07, 6.45) is 0. The number of fused-ring (bicyclic) bond motifs is 1. The fourth-order valence-corrected chi connectivity index (χ4v) is 3.22.